The maximum Gasteiger partial charge on any atom is 0.238 e. The molecule has 1 N–H and O–H groups in total. The smallest absolute Gasteiger partial charge is 0.238 e. The zero-order valence-corrected chi connectivity index (χ0v) is 19.0. The average Bonchev–Trinajstić information content (AvgIpc) is 3.07. The van der Waals surface area contributed by atoms with Crippen molar-refractivity contribution in [1.29, 1.82) is 0 Å². The van der Waals surface area contributed by atoms with E-state index in [2.05, 4.69) is 10.3 Å². The summed E-state index contributed by atoms with van der Waals surface area (Å²) in [6.45, 7) is 4.53. The fourth-order valence-electron chi connectivity index (χ4n) is 3.56. The number of halogens is 1. The predicted molar refractivity (Wildman–Crippen MR) is 118 cm³/mol. The lowest BCUT2D eigenvalue weighted by Gasteiger charge is -2.33. The molecule has 29 heavy (non-hydrogen) atoms. The molecule has 1 aromatic heterocycles. The molecule has 0 saturated carbocycles. The topological polar surface area (TPSA) is 79.4 Å². The number of aryl methyl sites for hydroxylation is 1. The van der Waals surface area contributed by atoms with E-state index in [-0.39, 0.29) is 18.2 Å². The minimum absolute atomic E-state index is 0.0763. The number of hydrogen-bond donors (Lipinski definition) is 1. The Bertz CT molecular complexity index is 958. The van der Waals surface area contributed by atoms with Gasteiger partial charge in [-0.15, -0.1) is 11.3 Å². The average molecular weight is 456 g/mol. The van der Waals surface area contributed by atoms with E-state index in [4.69, 9.17) is 11.6 Å². The number of aromatic nitrogens is 1. The first-order valence-electron chi connectivity index (χ1n) is 9.81. The van der Waals surface area contributed by atoms with Gasteiger partial charge in [0.1, 0.15) is 11.0 Å². The van der Waals surface area contributed by atoms with Gasteiger partial charge in [0.05, 0.1) is 18.0 Å². The van der Waals surface area contributed by atoms with Crippen LogP contribution in [0.2, 0.25) is 5.02 Å². The van der Waals surface area contributed by atoms with Gasteiger partial charge >= 0.3 is 0 Å². The van der Waals surface area contributed by atoms with Crippen LogP contribution in [-0.4, -0.2) is 42.0 Å². The van der Waals surface area contributed by atoms with Gasteiger partial charge in [0.25, 0.3) is 0 Å². The highest BCUT2D eigenvalue weighted by atomic mass is 35.5. The second-order valence-corrected chi connectivity index (χ2v) is 10.9. The van der Waals surface area contributed by atoms with Gasteiger partial charge in [-0.3, -0.25) is 4.79 Å². The highest BCUT2D eigenvalue weighted by Crippen LogP contribution is 2.28. The van der Waals surface area contributed by atoms with E-state index in [1.165, 1.54) is 15.6 Å². The maximum absolute atomic E-state index is 12.8. The Hall–Kier alpha value is -1.48. The van der Waals surface area contributed by atoms with Gasteiger partial charge in [-0.25, -0.2) is 13.4 Å². The van der Waals surface area contributed by atoms with Crippen LogP contribution in [0.1, 0.15) is 42.5 Å². The van der Waals surface area contributed by atoms with Crippen molar-refractivity contribution in [2.45, 2.75) is 52.1 Å². The molecule has 1 atom stereocenters. The molecule has 1 aliphatic heterocycles. The lowest BCUT2D eigenvalue weighted by Crippen LogP contribution is -2.52. The largest absolute Gasteiger partial charge is 0.348 e. The molecule has 1 saturated heterocycles. The number of thiazole rings is 1. The zero-order chi connectivity index (χ0) is 21.0. The monoisotopic (exact) mass is 455 g/mol. The minimum atomic E-state index is -3.40. The van der Waals surface area contributed by atoms with Crippen molar-refractivity contribution in [3.63, 3.8) is 0 Å². The van der Waals surface area contributed by atoms with Crippen molar-refractivity contribution in [2.24, 2.45) is 0 Å². The molecule has 9 heteroatoms. The van der Waals surface area contributed by atoms with Gasteiger partial charge in [-0.1, -0.05) is 37.1 Å². The van der Waals surface area contributed by atoms with Crippen LogP contribution in [0.4, 0.5) is 0 Å². The summed E-state index contributed by atoms with van der Waals surface area (Å²) >= 11 is 7.48. The Kier molecular flexibility index (Phi) is 7.32. The van der Waals surface area contributed by atoms with Crippen molar-refractivity contribution in [3.8, 4) is 11.3 Å². The number of carbonyl (C=O) groups is 1. The third-order valence-electron chi connectivity index (χ3n) is 4.95. The third-order valence-corrected chi connectivity index (χ3v) is 8.25. The molecular formula is C20H26ClN3O3S2. The number of rotatable bonds is 7. The minimum Gasteiger partial charge on any atom is -0.348 e. The number of nitrogens with one attached hydrogen (secondary N) is 1. The molecule has 0 spiro atoms. The number of piperidine rings is 1. The standard InChI is InChI=1S/C20H26ClN3O3S2/c1-3-12-29(26,27)24-11-5-4-6-17(24)20(25)22-13-18-23-19(14(2)28-18)15-7-9-16(21)10-8-15/h7-10,17H,3-6,11-13H2,1-2H3,(H,22,25). The van der Waals surface area contributed by atoms with Crippen LogP contribution in [0.15, 0.2) is 24.3 Å². The zero-order valence-electron chi connectivity index (χ0n) is 16.7. The van der Waals surface area contributed by atoms with Crippen LogP contribution in [0.3, 0.4) is 0 Å². The number of hydrogen-bond acceptors (Lipinski definition) is 5. The summed E-state index contributed by atoms with van der Waals surface area (Å²) < 4.78 is 26.4. The highest BCUT2D eigenvalue weighted by Gasteiger charge is 2.36. The summed E-state index contributed by atoms with van der Waals surface area (Å²) in [5, 5.41) is 4.36. The first kappa shape index (κ1) is 22.2. The first-order valence-corrected chi connectivity index (χ1v) is 12.6. The van der Waals surface area contributed by atoms with Crippen molar-refractivity contribution < 1.29 is 13.2 Å². The number of nitrogens with zero attached hydrogens (tertiary/aromatic N) is 2. The van der Waals surface area contributed by atoms with Gasteiger partial charge in [0.15, 0.2) is 0 Å². The van der Waals surface area contributed by atoms with Crippen LogP contribution in [0.25, 0.3) is 11.3 Å². The van der Waals surface area contributed by atoms with Crippen molar-refractivity contribution in [1.82, 2.24) is 14.6 Å². The number of carbonyl (C=O) groups excluding carboxylic acids is 1. The molecule has 3 rings (SSSR count). The number of amides is 1. The van der Waals surface area contributed by atoms with E-state index in [0.29, 0.717) is 24.4 Å². The summed E-state index contributed by atoms with van der Waals surface area (Å²) in [4.78, 5) is 18.5. The molecule has 1 fully saturated rings. The SMILES string of the molecule is CCCS(=O)(=O)N1CCCCC1C(=O)NCc1nc(-c2ccc(Cl)cc2)c(C)s1. The van der Waals surface area contributed by atoms with Crippen LogP contribution in [0.5, 0.6) is 0 Å². The third kappa shape index (κ3) is 5.36. The van der Waals surface area contributed by atoms with Crippen LogP contribution in [0, 0.1) is 6.92 Å². The molecule has 6 nitrogen and oxygen atoms in total. The summed E-state index contributed by atoms with van der Waals surface area (Å²) in [6, 6.07) is 6.87. The molecule has 0 bridgehead atoms. The van der Waals surface area contributed by atoms with E-state index >= 15 is 0 Å². The summed E-state index contributed by atoms with van der Waals surface area (Å²) in [6.07, 6.45) is 2.75. The van der Waals surface area contributed by atoms with Gasteiger partial charge in [0, 0.05) is 22.0 Å². The highest BCUT2D eigenvalue weighted by molar-refractivity contribution is 7.89. The fourth-order valence-corrected chi connectivity index (χ4v) is 6.33. The summed E-state index contributed by atoms with van der Waals surface area (Å²) in [5.41, 5.74) is 1.85. The van der Waals surface area contributed by atoms with Crippen LogP contribution < -0.4 is 5.32 Å². The van der Waals surface area contributed by atoms with E-state index in [0.717, 1.165) is 34.0 Å². The Morgan fingerprint density at radius 1 is 1.31 bits per heavy atom. The number of benzene rings is 1. The second-order valence-electron chi connectivity index (χ2n) is 7.18. The van der Waals surface area contributed by atoms with Crippen molar-refractivity contribution >= 4 is 38.9 Å². The fraction of sp³-hybridized carbons (Fsp3) is 0.500. The quantitative estimate of drug-likeness (QED) is 0.684. The van der Waals surface area contributed by atoms with E-state index in [9.17, 15) is 13.2 Å². The lowest BCUT2D eigenvalue weighted by molar-refractivity contribution is -0.125. The van der Waals surface area contributed by atoms with Gasteiger partial charge in [-0.2, -0.15) is 4.31 Å². The molecule has 0 radical (unpaired) electrons. The Morgan fingerprint density at radius 2 is 2.03 bits per heavy atom. The van der Waals surface area contributed by atoms with E-state index in [1.54, 1.807) is 0 Å². The van der Waals surface area contributed by atoms with Crippen LogP contribution in [-0.2, 0) is 21.4 Å². The first-order chi connectivity index (χ1) is 13.8. The molecule has 1 aliphatic rings. The molecular weight excluding hydrogens is 430 g/mol. The van der Waals surface area contributed by atoms with Gasteiger partial charge in [0.2, 0.25) is 15.9 Å². The molecule has 158 valence electrons. The molecule has 1 unspecified atom stereocenters. The molecule has 2 aromatic rings. The predicted octanol–water partition coefficient (Wildman–Crippen LogP) is 3.98. The Balaban J connectivity index is 1.68. The normalized spacial score (nSPS) is 18.0. The maximum atomic E-state index is 12.8. The van der Waals surface area contributed by atoms with E-state index < -0.39 is 16.1 Å². The summed E-state index contributed by atoms with van der Waals surface area (Å²) in [7, 11) is -3.40. The van der Waals surface area contributed by atoms with E-state index in [1.807, 2.05) is 38.1 Å². The Morgan fingerprint density at radius 3 is 2.72 bits per heavy atom. The van der Waals surface area contributed by atoms with Gasteiger partial charge in [-0.05, 0) is 38.3 Å². The molecule has 2 heterocycles. The lowest BCUT2D eigenvalue weighted by atomic mass is 10.0. The van der Waals surface area contributed by atoms with Crippen molar-refractivity contribution in [3.05, 3.63) is 39.2 Å². The summed E-state index contributed by atoms with van der Waals surface area (Å²) in [5.74, 6) is -0.169. The second kappa shape index (κ2) is 9.55. The number of sulfonamides is 1. The molecule has 1 aromatic carbocycles. The Labute approximate surface area is 181 Å². The molecule has 0 aliphatic carbocycles. The van der Waals surface area contributed by atoms with Crippen LogP contribution >= 0.6 is 22.9 Å². The van der Waals surface area contributed by atoms with Crippen molar-refractivity contribution in [2.75, 3.05) is 12.3 Å². The van der Waals surface area contributed by atoms with Gasteiger partial charge < -0.3 is 5.32 Å². The molecule has 1 amide bonds.